The number of sulfonamides is 1. The summed E-state index contributed by atoms with van der Waals surface area (Å²) >= 11 is 0. The first-order chi connectivity index (χ1) is 20.2. The minimum absolute atomic E-state index is 0.0776. The summed E-state index contributed by atoms with van der Waals surface area (Å²) in [4.78, 5) is 28.7. The number of anilines is 1. The van der Waals surface area contributed by atoms with E-state index in [4.69, 9.17) is 9.47 Å². The van der Waals surface area contributed by atoms with E-state index in [1.54, 1.807) is 35.2 Å². The van der Waals surface area contributed by atoms with Crippen LogP contribution in [0.25, 0.3) is 0 Å². The number of methoxy groups -OCH3 is 1. The van der Waals surface area contributed by atoms with Gasteiger partial charge in [0, 0.05) is 25.6 Å². The van der Waals surface area contributed by atoms with Crippen LogP contribution in [-0.2, 0) is 26.2 Å². The van der Waals surface area contributed by atoms with E-state index in [1.807, 2.05) is 56.3 Å². The van der Waals surface area contributed by atoms with Gasteiger partial charge in [-0.2, -0.15) is 4.31 Å². The number of nitrogens with one attached hydrogen (secondary N) is 1. The van der Waals surface area contributed by atoms with Crippen molar-refractivity contribution >= 4 is 27.5 Å². The molecule has 3 aromatic carbocycles. The summed E-state index contributed by atoms with van der Waals surface area (Å²) in [5, 5.41) is 2.91. The molecule has 0 unspecified atom stereocenters. The van der Waals surface area contributed by atoms with Gasteiger partial charge in [-0.1, -0.05) is 62.4 Å². The van der Waals surface area contributed by atoms with E-state index < -0.39 is 16.1 Å². The van der Waals surface area contributed by atoms with Gasteiger partial charge in [-0.05, 0) is 54.2 Å². The lowest BCUT2D eigenvalue weighted by Gasteiger charge is -2.38. The minimum atomic E-state index is -3.82. The fraction of sp³-hybridized carbons (Fsp3) is 0.375. The summed E-state index contributed by atoms with van der Waals surface area (Å²) in [6.45, 7) is 4.87. The van der Waals surface area contributed by atoms with Gasteiger partial charge in [0.1, 0.15) is 16.4 Å². The summed E-state index contributed by atoms with van der Waals surface area (Å²) in [6, 6.07) is 22.0. The molecule has 222 valence electrons. The molecular formula is C32H37N3O6S. The molecule has 1 fully saturated rings. The maximum Gasteiger partial charge on any atom is 0.263 e. The van der Waals surface area contributed by atoms with Crippen molar-refractivity contribution in [1.82, 2.24) is 9.62 Å². The van der Waals surface area contributed by atoms with Crippen LogP contribution in [0.3, 0.4) is 0 Å². The fourth-order valence-corrected chi connectivity index (χ4v) is 7.10. The Bertz CT molecular complexity index is 1530. The van der Waals surface area contributed by atoms with Crippen molar-refractivity contribution in [2.24, 2.45) is 5.92 Å². The van der Waals surface area contributed by atoms with Crippen molar-refractivity contribution in [1.29, 1.82) is 0 Å². The molecule has 0 spiro atoms. The first-order valence-electron chi connectivity index (χ1n) is 14.3. The Morgan fingerprint density at radius 1 is 1.00 bits per heavy atom. The molecule has 0 aromatic heterocycles. The van der Waals surface area contributed by atoms with Crippen LogP contribution in [0.2, 0.25) is 0 Å². The van der Waals surface area contributed by atoms with E-state index in [1.165, 1.54) is 11.4 Å². The molecule has 0 radical (unpaired) electrons. The number of ether oxygens (including phenoxy) is 2. The molecule has 0 bridgehead atoms. The summed E-state index contributed by atoms with van der Waals surface area (Å²) in [5.41, 5.74) is 2.48. The zero-order valence-electron chi connectivity index (χ0n) is 24.2. The van der Waals surface area contributed by atoms with Crippen molar-refractivity contribution in [3.8, 4) is 11.5 Å². The molecule has 9 nitrogen and oxygen atoms in total. The van der Waals surface area contributed by atoms with Crippen LogP contribution >= 0.6 is 0 Å². The zero-order valence-corrected chi connectivity index (χ0v) is 25.0. The summed E-state index contributed by atoms with van der Waals surface area (Å²) < 4.78 is 40.1. The molecule has 1 atom stereocenters. The number of para-hydroxylation sites is 2. The highest BCUT2D eigenvalue weighted by Gasteiger charge is 2.39. The van der Waals surface area contributed by atoms with Crippen molar-refractivity contribution in [3.05, 3.63) is 83.9 Å². The molecule has 0 saturated carbocycles. The van der Waals surface area contributed by atoms with Crippen LogP contribution in [0.4, 0.5) is 5.69 Å². The zero-order chi connectivity index (χ0) is 29.9. The highest BCUT2D eigenvalue weighted by Crippen LogP contribution is 2.37. The topological polar surface area (TPSA) is 105 Å². The van der Waals surface area contributed by atoms with Crippen molar-refractivity contribution < 1.29 is 27.5 Å². The molecule has 2 heterocycles. The molecular weight excluding hydrogens is 554 g/mol. The third-order valence-corrected chi connectivity index (χ3v) is 9.84. The predicted molar refractivity (Wildman–Crippen MR) is 160 cm³/mol. The molecule has 5 rings (SSSR count). The molecule has 10 heteroatoms. The Morgan fingerprint density at radius 2 is 1.69 bits per heavy atom. The van der Waals surface area contributed by atoms with E-state index in [0.717, 1.165) is 11.1 Å². The second-order valence-electron chi connectivity index (χ2n) is 11.0. The number of carbonyl (C=O) groups excluding carboxylic acids is 2. The second kappa shape index (κ2) is 12.5. The van der Waals surface area contributed by atoms with E-state index in [9.17, 15) is 18.0 Å². The SMILES string of the molecule is COc1ccc(C(C)C)cc1S(=O)(=O)N1CCC(C(=O)N2C[C@H](C(=O)NCc3ccccc3)Oc3ccccc32)CC1. The number of rotatable bonds is 8. The monoisotopic (exact) mass is 591 g/mol. The fourth-order valence-electron chi connectivity index (χ4n) is 5.44. The van der Waals surface area contributed by atoms with Gasteiger partial charge in [-0.3, -0.25) is 9.59 Å². The third kappa shape index (κ3) is 6.15. The van der Waals surface area contributed by atoms with E-state index >= 15 is 0 Å². The Labute approximate surface area is 247 Å². The number of hydrogen-bond acceptors (Lipinski definition) is 6. The van der Waals surface area contributed by atoms with Gasteiger partial charge in [0.25, 0.3) is 5.91 Å². The van der Waals surface area contributed by atoms with Gasteiger partial charge < -0.3 is 19.7 Å². The molecule has 3 aromatic rings. The normalized spacial score (nSPS) is 17.8. The number of hydrogen-bond donors (Lipinski definition) is 1. The summed E-state index contributed by atoms with van der Waals surface area (Å²) in [6.07, 6.45) is -0.128. The smallest absolute Gasteiger partial charge is 0.263 e. The lowest BCUT2D eigenvalue weighted by atomic mass is 9.95. The standard InChI is InChI=1S/C32H37N3O6S/c1-22(2)25-13-14-28(40-3)30(19-25)42(38,39)34-17-15-24(16-18-34)32(37)35-21-29(41-27-12-8-7-11-26(27)35)31(36)33-20-23-9-5-4-6-10-23/h4-14,19,22,24,29H,15-18,20-21H2,1-3H3,(H,33,36)/t29-/m1/s1. The van der Waals surface area contributed by atoms with E-state index in [0.29, 0.717) is 36.6 Å². The number of carbonyl (C=O) groups is 2. The van der Waals surface area contributed by atoms with Gasteiger partial charge in [-0.15, -0.1) is 0 Å². The molecule has 2 aliphatic rings. The van der Waals surface area contributed by atoms with Gasteiger partial charge >= 0.3 is 0 Å². The predicted octanol–water partition coefficient (Wildman–Crippen LogP) is 4.33. The molecule has 1 N–H and O–H groups in total. The Balaban J connectivity index is 1.28. The lowest BCUT2D eigenvalue weighted by molar-refractivity contribution is -0.129. The first kappa shape index (κ1) is 29.6. The third-order valence-electron chi connectivity index (χ3n) is 7.92. The van der Waals surface area contributed by atoms with Gasteiger partial charge in [0.05, 0.1) is 19.3 Å². The minimum Gasteiger partial charge on any atom is -0.495 e. The number of nitrogens with zero attached hydrogens (tertiary/aromatic N) is 2. The van der Waals surface area contributed by atoms with E-state index in [2.05, 4.69) is 5.32 Å². The van der Waals surface area contributed by atoms with Crippen molar-refractivity contribution in [3.63, 3.8) is 0 Å². The molecule has 2 aliphatic heterocycles. The number of amides is 2. The van der Waals surface area contributed by atoms with Crippen molar-refractivity contribution in [2.75, 3.05) is 31.6 Å². The average Bonchev–Trinajstić information content (AvgIpc) is 3.02. The van der Waals surface area contributed by atoms with Crippen LogP contribution in [0.15, 0.2) is 77.7 Å². The average molecular weight is 592 g/mol. The second-order valence-corrected chi connectivity index (χ2v) is 12.9. The Morgan fingerprint density at radius 3 is 2.38 bits per heavy atom. The van der Waals surface area contributed by atoms with Crippen LogP contribution in [-0.4, -0.2) is 57.4 Å². The number of benzene rings is 3. The van der Waals surface area contributed by atoms with Crippen LogP contribution < -0.4 is 19.7 Å². The Hall–Kier alpha value is -3.89. The summed E-state index contributed by atoms with van der Waals surface area (Å²) in [5.74, 6) is 0.106. The van der Waals surface area contributed by atoms with E-state index in [-0.39, 0.29) is 48.2 Å². The maximum absolute atomic E-state index is 13.9. The molecule has 1 saturated heterocycles. The van der Waals surface area contributed by atoms with Crippen LogP contribution in [0.5, 0.6) is 11.5 Å². The highest BCUT2D eigenvalue weighted by molar-refractivity contribution is 7.89. The highest BCUT2D eigenvalue weighted by atomic mass is 32.2. The number of piperidine rings is 1. The van der Waals surface area contributed by atoms with Crippen molar-refractivity contribution in [2.45, 2.75) is 50.2 Å². The number of fused-ring (bicyclic) bond motifs is 1. The van der Waals surface area contributed by atoms with Crippen LogP contribution in [0.1, 0.15) is 43.7 Å². The van der Waals surface area contributed by atoms with Gasteiger partial charge in [0.15, 0.2) is 6.10 Å². The molecule has 42 heavy (non-hydrogen) atoms. The maximum atomic E-state index is 13.9. The van der Waals surface area contributed by atoms with Gasteiger partial charge in [0.2, 0.25) is 15.9 Å². The molecule has 0 aliphatic carbocycles. The Kier molecular flexibility index (Phi) is 8.84. The first-order valence-corrected chi connectivity index (χ1v) is 15.7. The van der Waals surface area contributed by atoms with Crippen LogP contribution in [0, 0.1) is 5.92 Å². The van der Waals surface area contributed by atoms with Gasteiger partial charge in [-0.25, -0.2) is 8.42 Å². The lowest BCUT2D eigenvalue weighted by Crippen LogP contribution is -2.53. The largest absolute Gasteiger partial charge is 0.495 e. The molecule has 2 amide bonds. The summed E-state index contributed by atoms with van der Waals surface area (Å²) in [7, 11) is -2.36. The quantitative estimate of drug-likeness (QED) is 0.418.